The van der Waals surface area contributed by atoms with Gasteiger partial charge in [-0.25, -0.2) is 0 Å². The number of nitrogens with one attached hydrogen (secondary N) is 1. The van der Waals surface area contributed by atoms with Crippen molar-refractivity contribution in [1.82, 2.24) is 5.32 Å². The van der Waals surface area contributed by atoms with E-state index in [1.807, 2.05) is 18.2 Å². The van der Waals surface area contributed by atoms with Gasteiger partial charge in [0.25, 0.3) is 10.1 Å². The van der Waals surface area contributed by atoms with Crippen molar-refractivity contribution in [2.75, 3.05) is 13.1 Å². The lowest BCUT2D eigenvalue weighted by atomic mass is 9.91. The van der Waals surface area contributed by atoms with Crippen molar-refractivity contribution in [2.24, 2.45) is 0 Å². The van der Waals surface area contributed by atoms with Crippen molar-refractivity contribution < 1.29 is 13.0 Å². The second kappa shape index (κ2) is 9.18. The van der Waals surface area contributed by atoms with Crippen LogP contribution in [0.2, 0.25) is 0 Å². The van der Waals surface area contributed by atoms with E-state index in [0.717, 1.165) is 24.0 Å². The van der Waals surface area contributed by atoms with Gasteiger partial charge in [0.05, 0.1) is 0 Å². The Hall–Kier alpha value is -0.910. The van der Waals surface area contributed by atoms with E-state index in [2.05, 4.69) is 19.2 Å². The molecule has 0 saturated heterocycles. The van der Waals surface area contributed by atoms with Gasteiger partial charge < -0.3 is 5.32 Å². The fraction of sp³-hybridized carbons (Fsp3) is 0.625. The molecule has 0 fully saturated rings. The zero-order chi connectivity index (χ0) is 15.7. The second-order valence-electron chi connectivity index (χ2n) is 5.34. The lowest BCUT2D eigenvalue weighted by Gasteiger charge is -2.22. The molecule has 4 nitrogen and oxygen atoms in total. The summed E-state index contributed by atoms with van der Waals surface area (Å²) in [5.41, 5.74) is 1.81. The van der Waals surface area contributed by atoms with Gasteiger partial charge in [-0.05, 0) is 56.3 Å². The molecule has 0 radical (unpaired) electrons. The van der Waals surface area contributed by atoms with E-state index < -0.39 is 15.4 Å². The van der Waals surface area contributed by atoms with Crippen LogP contribution in [0.3, 0.4) is 0 Å². The van der Waals surface area contributed by atoms with Gasteiger partial charge in [0.1, 0.15) is 5.25 Å². The van der Waals surface area contributed by atoms with Crippen molar-refractivity contribution in [2.45, 2.75) is 51.2 Å². The third-order valence-electron chi connectivity index (χ3n) is 3.53. The molecule has 120 valence electrons. The van der Waals surface area contributed by atoms with Crippen LogP contribution in [-0.4, -0.2) is 26.1 Å². The van der Waals surface area contributed by atoms with Crippen LogP contribution in [-0.2, 0) is 16.5 Å². The Labute approximate surface area is 128 Å². The predicted molar refractivity (Wildman–Crippen MR) is 87.1 cm³/mol. The lowest BCUT2D eigenvalue weighted by molar-refractivity contribution is 0.457. The van der Waals surface area contributed by atoms with E-state index in [-0.39, 0.29) is 0 Å². The highest BCUT2D eigenvalue weighted by atomic mass is 32.2. The number of benzene rings is 1. The summed E-state index contributed by atoms with van der Waals surface area (Å²) in [5.74, 6) is 0. The summed E-state index contributed by atoms with van der Waals surface area (Å²) in [7, 11) is -3.94. The summed E-state index contributed by atoms with van der Waals surface area (Å²) in [4.78, 5) is 0. The SMILES string of the molecule is CCCNCCC.O=S(=O)(O)C1CCCc2ccccc21. The molecule has 2 rings (SSSR count). The summed E-state index contributed by atoms with van der Waals surface area (Å²) in [6, 6.07) is 7.41. The first-order valence-corrected chi connectivity index (χ1v) is 9.25. The van der Waals surface area contributed by atoms with Gasteiger partial charge in [-0.3, -0.25) is 4.55 Å². The molecule has 1 aromatic rings. The number of aryl methyl sites for hydroxylation is 1. The molecule has 0 aliphatic heterocycles. The minimum Gasteiger partial charge on any atom is -0.317 e. The molecule has 0 bridgehead atoms. The van der Waals surface area contributed by atoms with Crippen LogP contribution in [0.4, 0.5) is 0 Å². The highest BCUT2D eigenvalue weighted by Gasteiger charge is 2.29. The molecule has 0 saturated carbocycles. The summed E-state index contributed by atoms with van der Waals surface area (Å²) in [5, 5.41) is 2.57. The first-order valence-electron chi connectivity index (χ1n) is 7.75. The molecular formula is C16H27NO3S. The minimum atomic E-state index is -3.94. The molecule has 1 aliphatic rings. The third kappa shape index (κ3) is 6.16. The standard InChI is InChI=1S/C10H12O3S.C6H15N/c11-14(12,13)10-7-3-5-8-4-1-2-6-9(8)10;1-3-5-7-6-4-2/h1-2,4,6,10H,3,5,7H2,(H,11,12,13);7H,3-6H2,1-2H3. The number of fused-ring (bicyclic) bond motifs is 1. The third-order valence-corrected chi connectivity index (χ3v) is 4.74. The molecule has 1 atom stereocenters. The number of hydrogen-bond acceptors (Lipinski definition) is 3. The number of hydrogen-bond donors (Lipinski definition) is 2. The van der Waals surface area contributed by atoms with Crippen molar-refractivity contribution in [1.29, 1.82) is 0 Å². The Morgan fingerprint density at radius 1 is 1.19 bits per heavy atom. The zero-order valence-corrected chi connectivity index (χ0v) is 13.8. The quantitative estimate of drug-likeness (QED) is 0.646. The van der Waals surface area contributed by atoms with Gasteiger partial charge in [-0.2, -0.15) is 8.42 Å². The van der Waals surface area contributed by atoms with Crippen LogP contribution in [0.25, 0.3) is 0 Å². The van der Waals surface area contributed by atoms with E-state index in [1.54, 1.807) is 6.07 Å². The Balaban J connectivity index is 0.000000270. The monoisotopic (exact) mass is 313 g/mol. The number of rotatable bonds is 5. The van der Waals surface area contributed by atoms with Gasteiger partial charge in [0, 0.05) is 0 Å². The van der Waals surface area contributed by atoms with Crippen LogP contribution in [0.1, 0.15) is 55.9 Å². The van der Waals surface area contributed by atoms with Crippen LogP contribution < -0.4 is 5.32 Å². The topological polar surface area (TPSA) is 66.4 Å². The van der Waals surface area contributed by atoms with Gasteiger partial charge in [-0.1, -0.05) is 38.1 Å². The molecule has 1 aromatic carbocycles. The molecule has 0 amide bonds. The van der Waals surface area contributed by atoms with Crippen LogP contribution in [0.15, 0.2) is 24.3 Å². The maximum absolute atomic E-state index is 11.1. The molecule has 1 unspecified atom stereocenters. The summed E-state index contributed by atoms with van der Waals surface area (Å²) in [6.07, 6.45) is 4.75. The summed E-state index contributed by atoms with van der Waals surface area (Å²) < 4.78 is 31.3. The maximum Gasteiger partial charge on any atom is 0.271 e. The average molecular weight is 313 g/mol. The van der Waals surface area contributed by atoms with E-state index >= 15 is 0 Å². The molecule has 0 heterocycles. The van der Waals surface area contributed by atoms with Crippen molar-refractivity contribution in [3.05, 3.63) is 35.4 Å². The summed E-state index contributed by atoms with van der Waals surface area (Å²) in [6.45, 7) is 6.72. The van der Waals surface area contributed by atoms with E-state index in [0.29, 0.717) is 6.42 Å². The molecule has 2 N–H and O–H groups in total. The second-order valence-corrected chi connectivity index (χ2v) is 6.94. The van der Waals surface area contributed by atoms with Crippen LogP contribution >= 0.6 is 0 Å². The molecule has 0 spiro atoms. The van der Waals surface area contributed by atoms with Gasteiger partial charge in [0.2, 0.25) is 0 Å². The highest BCUT2D eigenvalue weighted by Crippen LogP contribution is 2.34. The lowest BCUT2D eigenvalue weighted by Crippen LogP contribution is -2.17. The van der Waals surface area contributed by atoms with Crippen LogP contribution in [0, 0.1) is 0 Å². The fourth-order valence-corrected chi connectivity index (χ4v) is 3.51. The molecule has 1 aliphatic carbocycles. The fourth-order valence-electron chi connectivity index (χ4n) is 2.50. The first-order chi connectivity index (χ1) is 10.0. The van der Waals surface area contributed by atoms with Crippen LogP contribution in [0.5, 0.6) is 0 Å². The van der Waals surface area contributed by atoms with Crippen molar-refractivity contribution in [3.63, 3.8) is 0 Å². The van der Waals surface area contributed by atoms with Gasteiger partial charge >= 0.3 is 0 Å². The van der Waals surface area contributed by atoms with Gasteiger partial charge in [-0.15, -0.1) is 0 Å². The Bertz CT molecular complexity index is 510. The van der Waals surface area contributed by atoms with E-state index in [9.17, 15) is 8.42 Å². The Kier molecular flexibility index (Phi) is 7.93. The van der Waals surface area contributed by atoms with Crippen molar-refractivity contribution >= 4 is 10.1 Å². The van der Waals surface area contributed by atoms with E-state index in [4.69, 9.17) is 4.55 Å². The zero-order valence-electron chi connectivity index (χ0n) is 13.0. The first kappa shape index (κ1) is 18.1. The van der Waals surface area contributed by atoms with Gasteiger partial charge in [0.15, 0.2) is 0 Å². The smallest absolute Gasteiger partial charge is 0.271 e. The average Bonchev–Trinajstić information content (AvgIpc) is 2.47. The van der Waals surface area contributed by atoms with Crippen molar-refractivity contribution in [3.8, 4) is 0 Å². The minimum absolute atomic E-state index is 0.524. The highest BCUT2D eigenvalue weighted by molar-refractivity contribution is 7.86. The normalized spacial score (nSPS) is 17.6. The van der Waals surface area contributed by atoms with E-state index in [1.165, 1.54) is 25.9 Å². The molecular weight excluding hydrogens is 286 g/mol. The molecule has 21 heavy (non-hydrogen) atoms. The summed E-state index contributed by atoms with van der Waals surface area (Å²) >= 11 is 0. The largest absolute Gasteiger partial charge is 0.317 e. The maximum atomic E-state index is 11.1. The molecule has 0 aromatic heterocycles. The predicted octanol–water partition coefficient (Wildman–Crippen LogP) is 3.35. The molecule has 5 heteroatoms. The Morgan fingerprint density at radius 2 is 1.81 bits per heavy atom. The Morgan fingerprint density at radius 3 is 2.38 bits per heavy atom.